The van der Waals surface area contributed by atoms with Crippen molar-refractivity contribution in [3.05, 3.63) is 65.0 Å². The molecule has 2 unspecified atom stereocenters. The number of aryl methyl sites for hydroxylation is 1. The van der Waals surface area contributed by atoms with Gasteiger partial charge in [-0.25, -0.2) is 8.78 Å². The molecule has 4 heteroatoms. The Morgan fingerprint density at radius 3 is 2.50 bits per heavy atom. The highest BCUT2D eigenvalue weighted by atomic mass is 19.3. The van der Waals surface area contributed by atoms with E-state index < -0.39 is 12.5 Å². The van der Waals surface area contributed by atoms with Crippen LogP contribution in [0.2, 0.25) is 0 Å². The Morgan fingerprint density at radius 1 is 1.10 bits per heavy atom. The third kappa shape index (κ3) is 2.31. The summed E-state index contributed by atoms with van der Waals surface area (Å²) in [5, 5.41) is 10.5. The van der Waals surface area contributed by atoms with Crippen LogP contribution < -0.4 is 0 Å². The van der Waals surface area contributed by atoms with Gasteiger partial charge in [-0.15, -0.1) is 0 Å². The Hall–Kier alpha value is -1.81. The van der Waals surface area contributed by atoms with Gasteiger partial charge in [0, 0.05) is 23.4 Å². The van der Waals surface area contributed by atoms with Crippen LogP contribution in [0.25, 0.3) is 0 Å². The topological polar surface area (TPSA) is 33.1 Å². The van der Waals surface area contributed by atoms with Gasteiger partial charge in [0.2, 0.25) is 0 Å². The van der Waals surface area contributed by atoms with Gasteiger partial charge >= 0.3 is 0 Å². The predicted octanol–water partition coefficient (Wildman–Crippen LogP) is 3.78. The number of aromatic nitrogens is 1. The molecule has 1 aliphatic carbocycles. The highest BCUT2D eigenvalue weighted by molar-refractivity contribution is 5.33. The molecule has 2 aromatic rings. The average molecular weight is 275 g/mol. The van der Waals surface area contributed by atoms with E-state index in [0.717, 1.165) is 18.5 Å². The van der Waals surface area contributed by atoms with Crippen LogP contribution in [0.3, 0.4) is 0 Å². The van der Waals surface area contributed by atoms with Crippen LogP contribution in [0.15, 0.2) is 42.6 Å². The lowest BCUT2D eigenvalue weighted by Crippen LogP contribution is -2.09. The van der Waals surface area contributed by atoms with E-state index in [1.165, 1.54) is 17.7 Å². The number of aliphatic hydroxyl groups excluding tert-OH is 1. The quantitative estimate of drug-likeness (QED) is 0.924. The summed E-state index contributed by atoms with van der Waals surface area (Å²) < 4.78 is 25.1. The van der Waals surface area contributed by atoms with Crippen LogP contribution >= 0.6 is 0 Å². The smallest absolute Gasteiger partial charge is 0.263 e. The summed E-state index contributed by atoms with van der Waals surface area (Å²) in [7, 11) is 0. The van der Waals surface area contributed by atoms with Crippen molar-refractivity contribution in [3.8, 4) is 0 Å². The first-order chi connectivity index (χ1) is 9.66. The Bertz CT molecular complexity index is 598. The molecule has 1 heterocycles. The van der Waals surface area contributed by atoms with E-state index in [0.29, 0.717) is 5.56 Å². The van der Waals surface area contributed by atoms with E-state index >= 15 is 0 Å². The van der Waals surface area contributed by atoms with Gasteiger partial charge in [0.05, 0.1) is 6.10 Å². The maximum absolute atomic E-state index is 12.5. The lowest BCUT2D eigenvalue weighted by molar-refractivity contribution is 0.141. The van der Waals surface area contributed by atoms with Crippen LogP contribution in [0.5, 0.6) is 0 Å². The lowest BCUT2D eigenvalue weighted by atomic mass is 9.93. The molecule has 0 fully saturated rings. The molecule has 1 aliphatic rings. The highest BCUT2D eigenvalue weighted by Crippen LogP contribution is 2.40. The second-order valence-electron chi connectivity index (χ2n) is 5.11. The summed E-state index contributed by atoms with van der Waals surface area (Å²) in [6.45, 7) is 0. The Balaban J connectivity index is 1.85. The number of aliphatic hydroxyl groups is 1. The molecule has 0 aliphatic heterocycles. The third-order valence-electron chi connectivity index (χ3n) is 3.91. The van der Waals surface area contributed by atoms with Crippen molar-refractivity contribution in [2.75, 3.05) is 0 Å². The number of fused-ring (bicyclic) bond motifs is 1. The monoisotopic (exact) mass is 275 g/mol. The predicted molar refractivity (Wildman–Crippen MR) is 71.7 cm³/mol. The molecule has 0 amide bonds. The molecule has 0 radical (unpaired) electrons. The molecule has 0 saturated carbocycles. The zero-order chi connectivity index (χ0) is 14.1. The molecule has 20 heavy (non-hydrogen) atoms. The van der Waals surface area contributed by atoms with E-state index in [1.807, 2.05) is 12.1 Å². The minimum absolute atomic E-state index is 0.0223. The lowest BCUT2D eigenvalue weighted by Gasteiger charge is -2.19. The fraction of sp³-hybridized carbons (Fsp3) is 0.312. The van der Waals surface area contributed by atoms with Gasteiger partial charge in [0.15, 0.2) is 0 Å². The first kappa shape index (κ1) is 13.2. The maximum atomic E-state index is 12.5. The van der Waals surface area contributed by atoms with Gasteiger partial charge in [-0.1, -0.05) is 30.3 Å². The largest absolute Gasteiger partial charge is 0.388 e. The van der Waals surface area contributed by atoms with Crippen molar-refractivity contribution < 1.29 is 13.9 Å². The molecule has 1 N–H and O–H groups in total. The van der Waals surface area contributed by atoms with Crippen molar-refractivity contribution in [2.45, 2.75) is 31.3 Å². The molecule has 1 aromatic heterocycles. The van der Waals surface area contributed by atoms with E-state index in [9.17, 15) is 13.9 Å². The Morgan fingerprint density at radius 2 is 1.80 bits per heavy atom. The number of nitrogens with zero attached hydrogens (tertiary/aromatic N) is 1. The van der Waals surface area contributed by atoms with Crippen molar-refractivity contribution in [1.29, 1.82) is 0 Å². The van der Waals surface area contributed by atoms with E-state index in [4.69, 9.17) is 0 Å². The summed E-state index contributed by atoms with van der Waals surface area (Å²) in [4.78, 5) is 4.35. The molecule has 0 bridgehead atoms. The van der Waals surface area contributed by atoms with Crippen molar-refractivity contribution >= 4 is 0 Å². The number of hydrogen-bond acceptors (Lipinski definition) is 2. The molecule has 0 saturated heterocycles. The second kappa shape index (κ2) is 5.29. The summed E-state index contributed by atoms with van der Waals surface area (Å²) in [5.74, 6) is -0.0522. The van der Waals surface area contributed by atoms with Crippen LogP contribution in [-0.2, 0) is 6.42 Å². The van der Waals surface area contributed by atoms with Crippen molar-refractivity contribution in [2.24, 2.45) is 0 Å². The average Bonchev–Trinajstić information content (AvgIpc) is 2.90. The molecular formula is C16H15F2NO. The Kier molecular flexibility index (Phi) is 3.49. The van der Waals surface area contributed by atoms with Gasteiger partial charge in [0.25, 0.3) is 6.43 Å². The molecule has 1 aromatic carbocycles. The van der Waals surface area contributed by atoms with Gasteiger partial charge in [-0.2, -0.15) is 0 Å². The molecule has 104 valence electrons. The number of pyridine rings is 1. The molecule has 3 rings (SSSR count). The second-order valence-corrected chi connectivity index (χ2v) is 5.11. The number of halogens is 2. The zero-order valence-corrected chi connectivity index (χ0v) is 10.8. The fourth-order valence-electron chi connectivity index (χ4n) is 2.82. The minimum atomic E-state index is -2.48. The zero-order valence-electron chi connectivity index (χ0n) is 10.8. The number of alkyl halides is 2. The van der Waals surface area contributed by atoms with Crippen molar-refractivity contribution in [3.63, 3.8) is 0 Å². The van der Waals surface area contributed by atoms with Crippen molar-refractivity contribution in [1.82, 2.24) is 4.98 Å². The van der Waals surface area contributed by atoms with E-state index in [1.54, 1.807) is 18.3 Å². The van der Waals surface area contributed by atoms with E-state index in [-0.39, 0.29) is 11.5 Å². The maximum Gasteiger partial charge on any atom is 0.263 e. The number of hydrogen-bond donors (Lipinski definition) is 1. The van der Waals surface area contributed by atoms with Crippen LogP contribution in [-0.4, -0.2) is 10.1 Å². The van der Waals surface area contributed by atoms with Gasteiger partial charge in [0.1, 0.15) is 0 Å². The summed E-state index contributed by atoms with van der Waals surface area (Å²) in [6, 6.07) is 9.81. The fourth-order valence-corrected chi connectivity index (χ4v) is 2.82. The highest BCUT2D eigenvalue weighted by Gasteiger charge is 2.30. The summed E-state index contributed by atoms with van der Waals surface area (Å²) in [6.07, 6.45) is 0.293. The normalized spacial score (nSPS) is 19.1. The molecule has 0 spiro atoms. The Labute approximate surface area is 116 Å². The van der Waals surface area contributed by atoms with Gasteiger partial charge in [-0.3, -0.25) is 4.98 Å². The standard InChI is InChI=1S/C16H15F2NO/c17-16(18)12-5-3-11(4-6-12)15(20)13-8-7-10-2-1-9-19-14(10)13/h1-6,9,13,15-16,20H,7-8H2. The van der Waals surface area contributed by atoms with Gasteiger partial charge < -0.3 is 5.11 Å². The summed E-state index contributed by atoms with van der Waals surface area (Å²) in [5.41, 5.74) is 2.74. The van der Waals surface area contributed by atoms with Crippen LogP contribution in [0, 0.1) is 0 Å². The SMILES string of the molecule is OC(c1ccc(C(F)F)cc1)C1CCc2cccnc21. The third-order valence-corrected chi connectivity index (χ3v) is 3.91. The van der Waals surface area contributed by atoms with Crippen LogP contribution in [0.4, 0.5) is 8.78 Å². The van der Waals surface area contributed by atoms with E-state index in [2.05, 4.69) is 4.98 Å². The molecule has 2 atom stereocenters. The number of rotatable bonds is 3. The first-order valence-electron chi connectivity index (χ1n) is 6.66. The molecule has 2 nitrogen and oxygen atoms in total. The van der Waals surface area contributed by atoms with Crippen LogP contribution in [0.1, 0.15) is 47.3 Å². The first-order valence-corrected chi connectivity index (χ1v) is 6.66. The molecular weight excluding hydrogens is 260 g/mol. The van der Waals surface area contributed by atoms with Gasteiger partial charge in [-0.05, 0) is 30.0 Å². The number of benzene rings is 1. The summed E-state index contributed by atoms with van der Waals surface area (Å²) >= 11 is 0. The minimum Gasteiger partial charge on any atom is -0.388 e.